The van der Waals surface area contributed by atoms with E-state index in [2.05, 4.69) is 32.7 Å². The van der Waals surface area contributed by atoms with Crippen LogP contribution in [-0.2, 0) is 4.74 Å². The molecule has 0 radical (unpaired) electrons. The lowest BCUT2D eigenvalue weighted by Gasteiger charge is -2.33. The van der Waals surface area contributed by atoms with Crippen molar-refractivity contribution in [3.63, 3.8) is 0 Å². The number of nitrogens with two attached hydrogens (primary N) is 1. The SMILES string of the molecule is CN(CC(N)C(C)(C)C)C1CCOC1. The summed E-state index contributed by atoms with van der Waals surface area (Å²) in [6.07, 6.45) is 1.15. The fourth-order valence-corrected chi connectivity index (χ4v) is 1.60. The van der Waals surface area contributed by atoms with Gasteiger partial charge in [-0.05, 0) is 18.9 Å². The number of ether oxygens (including phenoxy) is 1. The van der Waals surface area contributed by atoms with E-state index in [4.69, 9.17) is 10.5 Å². The standard InChI is InChI=1S/C11H24N2O/c1-11(2,3)10(12)7-13(4)9-5-6-14-8-9/h9-10H,5-8,12H2,1-4H3. The highest BCUT2D eigenvalue weighted by molar-refractivity contribution is 4.82. The smallest absolute Gasteiger partial charge is 0.0622 e. The Morgan fingerprint density at radius 3 is 2.57 bits per heavy atom. The predicted octanol–water partition coefficient (Wildman–Crippen LogP) is 1.08. The maximum atomic E-state index is 6.14. The lowest BCUT2D eigenvalue weighted by Crippen LogP contribution is -2.47. The Kier molecular flexibility index (Phi) is 3.93. The van der Waals surface area contributed by atoms with Gasteiger partial charge in [0.25, 0.3) is 0 Å². The van der Waals surface area contributed by atoms with Gasteiger partial charge in [0.1, 0.15) is 0 Å². The average Bonchev–Trinajstić information content (AvgIpc) is 2.53. The number of likely N-dealkylation sites (N-methyl/N-ethyl adjacent to an activating group) is 1. The average molecular weight is 200 g/mol. The summed E-state index contributed by atoms with van der Waals surface area (Å²) in [5.74, 6) is 0. The lowest BCUT2D eigenvalue weighted by molar-refractivity contribution is 0.142. The second-order valence-corrected chi connectivity index (χ2v) is 5.43. The zero-order valence-corrected chi connectivity index (χ0v) is 9.92. The Morgan fingerprint density at radius 2 is 2.14 bits per heavy atom. The third-order valence-corrected chi connectivity index (χ3v) is 3.13. The van der Waals surface area contributed by atoms with Gasteiger partial charge < -0.3 is 10.5 Å². The van der Waals surface area contributed by atoms with Crippen molar-refractivity contribution in [3.8, 4) is 0 Å². The number of hydrogen-bond donors (Lipinski definition) is 1. The molecular weight excluding hydrogens is 176 g/mol. The third kappa shape index (κ3) is 3.23. The molecule has 1 heterocycles. The summed E-state index contributed by atoms with van der Waals surface area (Å²) in [4.78, 5) is 2.34. The first-order valence-electron chi connectivity index (χ1n) is 5.45. The fourth-order valence-electron chi connectivity index (χ4n) is 1.60. The van der Waals surface area contributed by atoms with Crippen LogP contribution in [0.2, 0.25) is 0 Å². The Morgan fingerprint density at radius 1 is 1.50 bits per heavy atom. The van der Waals surface area contributed by atoms with Gasteiger partial charge in [-0.2, -0.15) is 0 Å². The zero-order valence-electron chi connectivity index (χ0n) is 9.92. The topological polar surface area (TPSA) is 38.5 Å². The summed E-state index contributed by atoms with van der Waals surface area (Å²) >= 11 is 0. The maximum absolute atomic E-state index is 6.14. The molecule has 3 nitrogen and oxygen atoms in total. The van der Waals surface area contributed by atoms with E-state index in [1.165, 1.54) is 0 Å². The van der Waals surface area contributed by atoms with Crippen LogP contribution in [-0.4, -0.2) is 43.8 Å². The zero-order chi connectivity index (χ0) is 10.8. The molecule has 1 fully saturated rings. The van der Waals surface area contributed by atoms with Crippen LogP contribution in [0.5, 0.6) is 0 Å². The molecule has 0 aromatic carbocycles. The minimum Gasteiger partial charge on any atom is -0.380 e. The first-order valence-corrected chi connectivity index (χ1v) is 5.45. The molecule has 14 heavy (non-hydrogen) atoms. The largest absolute Gasteiger partial charge is 0.380 e. The quantitative estimate of drug-likeness (QED) is 0.741. The van der Waals surface area contributed by atoms with E-state index in [1.807, 2.05) is 0 Å². The summed E-state index contributed by atoms with van der Waals surface area (Å²) in [6, 6.07) is 0.802. The van der Waals surface area contributed by atoms with Crippen molar-refractivity contribution in [2.45, 2.75) is 39.3 Å². The molecule has 1 aliphatic rings. The van der Waals surface area contributed by atoms with E-state index >= 15 is 0 Å². The highest BCUT2D eigenvalue weighted by Gasteiger charge is 2.26. The van der Waals surface area contributed by atoms with Crippen LogP contribution in [0, 0.1) is 5.41 Å². The van der Waals surface area contributed by atoms with Crippen molar-refractivity contribution >= 4 is 0 Å². The number of rotatable bonds is 3. The number of nitrogens with zero attached hydrogens (tertiary/aromatic N) is 1. The second kappa shape index (κ2) is 4.60. The van der Waals surface area contributed by atoms with Crippen molar-refractivity contribution in [2.75, 3.05) is 26.8 Å². The summed E-state index contributed by atoms with van der Waals surface area (Å²) in [6.45, 7) is 9.30. The third-order valence-electron chi connectivity index (χ3n) is 3.13. The van der Waals surface area contributed by atoms with Gasteiger partial charge in [0.2, 0.25) is 0 Å². The van der Waals surface area contributed by atoms with E-state index in [-0.39, 0.29) is 11.5 Å². The Hall–Kier alpha value is -0.120. The van der Waals surface area contributed by atoms with Crippen LogP contribution >= 0.6 is 0 Å². The predicted molar refractivity (Wildman–Crippen MR) is 59.3 cm³/mol. The second-order valence-electron chi connectivity index (χ2n) is 5.43. The van der Waals surface area contributed by atoms with Crippen LogP contribution in [0.15, 0.2) is 0 Å². The monoisotopic (exact) mass is 200 g/mol. The van der Waals surface area contributed by atoms with Gasteiger partial charge >= 0.3 is 0 Å². The van der Waals surface area contributed by atoms with Crippen LogP contribution in [0.25, 0.3) is 0 Å². The van der Waals surface area contributed by atoms with Crippen molar-refractivity contribution in [3.05, 3.63) is 0 Å². The molecule has 1 aliphatic heterocycles. The molecule has 0 saturated carbocycles. The first-order chi connectivity index (χ1) is 6.41. The van der Waals surface area contributed by atoms with Gasteiger partial charge in [-0.25, -0.2) is 0 Å². The molecule has 84 valence electrons. The fraction of sp³-hybridized carbons (Fsp3) is 1.00. The minimum atomic E-state index is 0.188. The van der Waals surface area contributed by atoms with Gasteiger partial charge in [-0.1, -0.05) is 20.8 Å². The maximum Gasteiger partial charge on any atom is 0.0622 e. The molecule has 0 amide bonds. The van der Waals surface area contributed by atoms with Crippen molar-refractivity contribution < 1.29 is 4.74 Å². The lowest BCUT2D eigenvalue weighted by atomic mass is 9.87. The van der Waals surface area contributed by atoms with Crippen LogP contribution in [0.3, 0.4) is 0 Å². The summed E-state index contributed by atoms with van der Waals surface area (Å²) in [5.41, 5.74) is 6.32. The first kappa shape index (κ1) is 12.0. The van der Waals surface area contributed by atoms with Crippen LogP contribution < -0.4 is 5.73 Å². The van der Waals surface area contributed by atoms with Crippen LogP contribution in [0.4, 0.5) is 0 Å². The number of hydrogen-bond acceptors (Lipinski definition) is 3. The van der Waals surface area contributed by atoms with E-state index in [0.29, 0.717) is 6.04 Å². The molecule has 1 rings (SSSR count). The molecule has 3 heteroatoms. The van der Waals surface area contributed by atoms with Gasteiger partial charge in [0.05, 0.1) is 6.61 Å². The van der Waals surface area contributed by atoms with Crippen molar-refractivity contribution in [1.29, 1.82) is 0 Å². The Labute approximate surface area is 87.6 Å². The van der Waals surface area contributed by atoms with Gasteiger partial charge in [-0.3, -0.25) is 4.90 Å². The molecule has 0 aromatic heterocycles. The molecule has 2 unspecified atom stereocenters. The summed E-state index contributed by atoms with van der Waals surface area (Å²) in [5, 5.41) is 0. The normalized spacial score (nSPS) is 25.7. The van der Waals surface area contributed by atoms with E-state index in [0.717, 1.165) is 26.2 Å². The molecule has 2 atom stereocenters. The molecule has 2 N–H and O–H groups in total. The Bertz CT molecular complexity index is 171. The van der Waals surface area contributed by atoms with Gasteiger partial charge in [0, 0.05) is 25.2 Å². The van der Waals surface area contributed by atoms with Gasteiger partial charge in [-0.15, -0.1) is 0 Å². The van der Waals surface area contributed by atoms with Crippen molar-refractivity contribution in [2.24, 2.45) is 11.1 Å². The van der Waals surface area contributed by atoms with Gasteiger partial charge in [0.15, 0.2) is 0 Å². The van der Waals surface area contributed by atoms with E-state index < -0.39 is 0 Å². The highest BCUT2D eigenvalue weighted by atomic mass is 16.5. The highest BCUT2D eigenvalue weighted by Crippen LogP contribution is 2.19. The minimum absolute atomic E-state index is 0.188. The molecule has 0 bridgehead atoms. The molecule has 1 saturated heterocycles. The molecule has 0 aromatic rings. The molecule has 0 spiro atoms. The van der Waals surface area contributed by atoms with Crippen LogP contribution in [0.1, 0.15) is 27.2 Å². The van der Waals surface area contributed by atoms with E-state index in [1.54, 1.807) is 0 Å². The summed E-state index contributed by atoms with van der Waals surface area (Å²) < 4.78 is 5.36. The van der Waals surface area contributed by atoms with Crippen molar-refractivity contribution in [1.82, 2.24) is 4.90 Å². The Balaban J connectivity index is 2.35. The summed E-state index contributed by atoms with van der Waals surface area (Å²) in [7, 11) is 2.14. The van der Waals surface area contributed by atoms with E-state index in [9.17, 15) is 0 Å². The molecule has 0 aliphatic carbocycles. The molecular formula is C11H24N2O.